The quantitative estimate of drug-likeness (QED) is 0.749. The molecule has 3 heterocycles. The first kappa shape index (κ1) is 21.9. The largest absolute Gasteiger partial charge is 0.350 e. The SMILES string of the molecule is O=C(NCc1cccnc1)C1CCC(=O)N1C1CCN(C(=O)Cc2cccc(F)c2)CC1. The van der Waals surface area contributed by atoms with E-state index in [9.17, 15) is 18.8 Å². The molecule has 2 aliphatic rings. The van der Waals surface area contributed by atoms with Gasteiger partial charge in [0.1, 0.15) is 11.9 Å². The molecule has 2 aliphatic heterocycles. The molecule has 7 nitrogen and oxygen atoms in total. The van der Waals surface area contributed by atoms with E-state index in [1.165, 1.54) is 12.1 Å². The minimum Gasteiger partial charge on any atom is -0.350 e. The number of hydrogen-bond donors (Lipinski definition) is 1. The Labute approximate surface area is 186 Å². The van der Waals surface area contributed by atoms with Gasteiger partial charge in [-0.25, -0.2) is 4.39 Å². The van der Waals surface area contributed by atoms with Gasteiger partial charge in [0.25, 0.3) is 0 Å². The number of likely N-dealkylation sites (tertiary alicyclic amines) is 2. The van der Waals surface area contributed by atoms with Crippen LogP contribution in [0.25, 0.3) is 0 Å². The molecular weight excluding hydrogens is 411 g/mol. The number of amides is 3. The maximum Gasteiger partial charge on any atom is 0.243 e. The molecule has 1 atom stereocenters. The molecule has 32 heavy (non-hydrogen) atoms. The zero-order chi connectivity index (χ0) is 22.5. The fourth-order valence-electron chi connectivity index (χ4n) is 4.55. The predicted octanol–water partition coefficient (Wildman–Crippen LogP) is 2.06. The summed E-state index contributed by atoms with van der Waals surface area (Å²) in [6.07, 6.45) is 5.68. The summed E-state index contributed by atoms with van der Waals surface area (Å²) in [5, 5.41) is 2.92. The number of nitrogens with zero attached hydrogens (tertiary/aromatic N) is 3. The second-order valence-corrected chi connectivity index (χ2v) is 8.35. The van der Waals surface area contributed by atoms with E-state index >= 15 is 0 Å². The predicted molar refractivity (Wildman–Crippen MR) is 116 cm³/mol. The van der Waals surface area contributed by atoms with Gasteiger partial charge in [0.05, 0.1) is 6.42 Å². The van der Waals surface area contributed by atoms with Crippen molar-refractivity contribution in [2.75, 3.05) is 13.1 Å². The van der Waals surface area contributed by atoms with E-state index in [1.54, 1.807) is 34.3 Å². The highest BCUT2D eigenvalue weighted by molar-refractivity contribution is 5.91. The van der Waals surface area contributed by atoms with Crippen molar-refractivity contribution in [2.24, 2.45) is 0 Å². The van der Waals surface area contributed by atoms with E-state index in [0.29, 0.717) is 50.9 Å². The average Bonchev–Trinajstić information content (AvgIpc) is 3.19. The van der Waals surface area contributed by atoms with Gasteiger partial charge in [-0.05, 0) is 48.6 Å². The topological polar surface area (TPSA) is 82.6 Å². The molecule has 2 aromatic rings. The summed E-state index contributed by atoms with van der Waals surface area (Å²) in [4.78, 5) is 45.5. The van der Waals surface area contributed by atoms with Gasteiger partial charge in [0.2, 0.25) is 17.7 Å². The number of piperidine rings is 1. The molecule has 0 radical (unpaired) electrons. The number of benzene rings is 1. The highest BCUT2D eigenvalue weighted by atomic mass is 19.1. The van der Waals surface area contributed by atoms with Gasteiger partial charge in [-0.2, -0.15) is 0 Å². The number of nitrogens with one attached hydrogen (secondary N) is 1. The number of rotatable bonds is 6. The normalized spacial score (nSPS) is 19.3. The van der Waals surface area contributed by atoms with Gasteiger partial charge >= 0.3 is 0 Å². The number of halogens is 1. The Bertz CT molecular complexity index is 976. The van der Waals surface area contributed by atoms with Gasteiger partial charge in [-0.3, -0.25) is 19.4 Å². The average molecular weight is 439 g/mol. The summed E-state index contributed by atoms with van der Waals surface area (Å²) in [5.74, 6) is -0.553. The summed E-state index contributed by atoms with van der Waals surface area (Å²) in [5.41, 5.74) is 1.55. The lowest BCUT2D eigenvalue weighted by atomic mass is 10.0. The number of carbonyl (C=O) groups excluding carboxylic acids is 3. The second-order valence-electron chi connectivity index (χ2n) is 8.35. The van der Waals surface area contributed by atoms with Crippen LogP contribution in [-0.2, 0) is 27.3 Å². The Hall–Kier alpha value is -3.29. The third-order valence-corrected chi connectivity index (χ3v) is 6.20. The third-order valence-electron chi connectivity index (χ3n) is 6.20. The van der Waals surface area contributed by atoms with Gasteiger partial charge in [0, 0.05) is 44.5 Å². The first-order valence-corrected chi connectivity index (χ1v) is 11.0. The molecule has 168 valence electrons. The lowest BCUT2D eigenvalue weighted by Gasteiger charge is -2.39. The molecule has 1 unspecified atom stereocenters. The van der Waals surface area contributed by atoms with Crippen LogP contribution in [-0.4, -0.2) is 57.7 Å². The molecule has 2 fully saturated rings. The van der Waals surface area contributed by atoms with Crippen molar-refractivity contribution >= 4 is 17.7 Å². The Morgan fingerprint density at radius 2 is 1.88 bits per heavy atom. The van der Waals surface area contributed by atoms with Crippen LogP contribution < -0.4 is 5.32 Å². The Balaban J connectivity index is 1.31. The zero-order valence-corrected chi connectivity index (χ0v) is 17.9. The Morgan fingerprint density at radius 3 is 2.59 bits per heavy atom. The first-order valence-electron chi connectivity index (χ1n) is 11.0. The number of pyridine rings is 1. The molecule has 1 N–H and O–H groups in total. The van der Waals surface area contributed by atoms with Crippen LogP contribution in [0.4, 0.5) is 4.39 Å². The second kappa shape index (κ2) is 9.89. The van der Waals surface area contributed by atoms with Crippen LogP contribution >= 0.6 is 0 Å². The van der Waals surface area contributed by atoms with E-state index in [4.69, 9.17) is 0 Å². The highest BCUT2D eigenvalue weighted by Gasteiger charge is 2.41. The van der Waals surface area contributed by atoms with Crippen LogP contribution in [0, 0.1) is 5.82 Å². The maximum atomic E-state index is 13.4. The van der Waals surface area contributed by atoms with E-state index in [1.807, 2.05) is 12.1 Å². The minimum absolute atomic E-state index is 0.00364. The molecule has 4 rings (SSSR count). The third kappa shape index (κ3) is 5.12. The zero-order valence-electron chi connectivity index (χ0n) is 17.9. The van der Waals surface area contributed by atoms with Crippen LogP contribution in [0.3, 0.4) is 0 Å². The molecule has 3 amide bonds. The lowest BCUT2D eigenvalue weighted by Crippen LogP contribution is -2.53. The van der Waals surface area contributed by atoms with Crippen molar-refractivity contribution in [2.45, 2.75) is 50.7 Å². The highest BCUT2D eigenvalue weighted by Crippen LogP contribution is 2.27. The monoisotopic (exact) mass is 438 g/mol. The number of carbonyl (C=O) groups is 3. The molecule has 1 aromatic heterocycles. The summed E-state index contributed by atoms with van der Waals surface area (Å²) in [6.45, 7) is 1.41. The Morgan fingerprint density at radius 1 is 1.09 bits per heavy atom. The van der Waals surface area contributed by atoms with Crippen LogP contribution in [0.15, 0.2) is 48.8 Å². The van der Waals surface area contributed by atoms with Gasteiger partial charge in [-0.15, -0.1) is 0 Å². The van der Waals surface area contributed by atoms with E-state index in [0.717, 1.165) is 5.56 Å². The standard InChI is InChI=1S/C24H27FN4O3/c25-19-5-1-3-17(13-19)14-23(31)28-11-8-20(9-12-28)29-21(6-7-22(29)30)24(32)27-16-18-4-2-10-26-15-18/h1-5,10,13,15,20-21H,6-9,11-12,14,16H2,(H,27,32). The molecule has 0 spiro atoms. The maximum absolute atomic E-state index is 13.4. The van der Waals surface area contributed by atoms with Crippen molar-refractivity contribution in [3.05, 3.63) is 65.7 Å². The summed E-state index contributed by atoms with van der Waals surface area (Å²) in [7, 11) is 0. The minimum atomic E-state index is -0.473. The van der Waals surface area contributed by atoms with Crippen molar-refractivity contribution in [3.63, 3.8) is 0 Å². The summed E-state index contributed by atoms with van der Waals surface area (Å²) < 4.78 is 13.4. The summed E-state index contributed by atoms with van der Waals surface area (Å²) >= 11 is 0. The van der Waals surface area contributed by atoms with Crippen LogP contribution in [0.5, 0.6) is 0 Å². The van der Waals surface area contributed by atoms with Crippen LogP contribution in [0.1, 0.15) is 36.8 Å². The lowest BCUT2D eigenvalue weighted by molar-refractivity contribution is -0.140. The van der Waals surface area contributed by atoms with Crippen molar-refractivity contribution in [1.29, 1.82) is 0 Å². The van der Waals surface area contributed by atoms with Crippen LogP contribution in [0.2, 0.25) is 0 Å². The van der Waals surface area contributed by atoms with Crippen molar-refractivity contribution < 1.29 is 18.8 Å². The molecular formula is C24H27FN4O3. The Kier molecular flexibility index (Phi) is 6.78. The van der Waals surface area contributed by atoms with E-state index in [-0.39, 0.29) is 36.0 Å². The first-order chi connectivity index (χ1) is 15.5. The molecule has 0 bridgehead atoms. The van der Waals surface area contributed by atoms with Gasteiger partial charge in [-0.1, -0.05) is 18.2 Å². The number of hydrogen-bond acceptors (Lipinski definition) is 4. The molecule has 0 aliphatic carbocycles. The van der Waals surface area contributed by atoms with E-state index < -0.39 is 6.04 Å². The molecule has 0 saturated carbocycles. The molecule has 2 saturated heterocycles. The summed E-state index contributed by atoms with van der Waals surface area (Å²) in [6, 6.07) is 9.25. The van der Waals surface area contributed by atoms with Crippen molar-refractivity contribution in [3.8, 4) is 0 Å². The van der Waals surface area contributed by atoms with Gasteiger partial charge in [0.15, 0.2) is 0 Å². The van der Waals surface area contributed by atoms with Gasteiger partial charge < -0.3 is 15.1 Å². The smallest absolute Gasteiger partial charge is 0.243 e. The van der Waals surface area contributed by atoms with Crippen molar-refractivity contribution in [1.82, 2.24) is 20.1 Å². The molecule has 8 heteroatoms. The fraction of sp³-hybridized carbons (Fsp3) is 0.417. The fourth-order valence-corrected chi connectivity index (χ4v) is 4.55. The number of aromatic nitrogens is 1. The molecule has 1 aromatic carbocycles. The van der Waals surface area contributed by atoms with E-state index in [2.05, 4.69) is 10.3 Å².